The van der Waals surface area contributed by atoms with Crippen molar-refractivity contribution in [3.63, 3.8) is 0 Å². The zero-order chi connectivity index (χ0) is 14.5. The minimum Gasteiger partial charge on any atom is -0.336 e. The smallest absolute Gasteiger partial charge is 0.0950 e. The molecular formula is C16H29N5. The van der Waals surface area contributed by atoms with Gasteiger partial charge in [0.2, 0.25) is 0 Å². The number of likely N-dealkylation sites (tertiary alicyclic amines) is 2. The molecule has 3 heterocycles. The highest BCUT2D eigenvalue weighted by Crippen LogP contribution is 2.21. The standard InChI is InChI=1S/C16H29N5/c17-6-11-20-13-15(18-14-20)12-19-9-4-16(5-10-19)21-7-2-1-3-8-21/h13-14,16H,1-12,17H2. The van der Waals surface area contributed by atoms with E-state index in [1.54, 1.807) is 0 Å². The summed E-state index contributed by atoms with van der Waals surface area (Å²) < 4.78 is 2.09. The molecule has 0 aromatic carbocycles. The molecule has 0 aliphatic carbocycles. The lowest BCUT2D eigenvalue weighted by atomic mass is 10.00. The van der Waals surface area contributed by atoms with Crippen LogP contribution in [0, 0.1) is 0 Å². The minimum absolute atomic E-state index is 0.678. The van der Waals surface area contributed by atoms with Gasteiger partial charge in [0.15, 0.2) is 0 Å². The molecule has 2 aliphatic heterocycles. The first-order valence-corrected chi connectivity index (χ1v) is 8.52. The Labute approximate surface area is 128 Å². The fourth-order valence-electron chi connectivity index (χ4n) is 3.71. The first kappa shape index (κ1) is 15.0. The van der Waals surface area contributed by atoms with Gasteiger partial charge in [0, 0.05) is 45.0 Å². The molecule has 0 unspecified atom stereocenters. The number of rotatable bonds is 5. The van der Waals surface area contributed by atoms with E-state index in [9.17, 15) is 0 Å². The van der Waals surface area contributed by atoms with Crippen molar-refractivity contribution in [2.24, 2.45) is 5.73 Å². The molecule has 0 atom stereocenters. The third kappa shape index (κ3) is 4.05. The summed E-state index contributed by atoms with van der Waals surface area (Å²) in [5, 5.41) is 0. The number of nitrogens with two attached hydrogens (primary N) is 1. The summed E-state index contributed by atoms with van der Waals surface area (Å²) in [6, 6.07) is 0.830. The maximum Gasteiger partial charge on any atom is 0.0950 e. The van der Waals surface area contributed by atoms with Gasteiger partial charge in [-0.2, -0.15) is 0 Å². The molecule has 118 valence electrons. The van der Waals surface area contributed by atoms with Crippen LogP contribution in [0.5, 0.6) is 0 Å². The zero-order valence-corrected chi connectivity index (χ0v) is 13.1. The highest BCUT2D eigenvalue weighted by molar-refractivity contribution is 4.97. The van der Waals surface area contributed by atoms with Crippen LogP contribution in [0.1, 0.15) is 37.8 Å². The second-order valence-corrected chi connectivity index (χ2v) is 6.50. The monoisotopic (exact) mass is 291 g/mol. The normalized spacial score (nSPS) is 22.7. The highest BCUT2D eigenvalue weighted by atomic mass is 15.2. The Kier molecular flexibility index (Phi) is 5.27. The molecule has 1 aromatic heterocycles. The van der Waals surface area contributed by atoms with Gasteiger partial charge in [-0.15, -0.1) is 0 Å². The predicted molar refractivity (Wildman–Crippen MR) is 85.0 cm³/mol. The molecule has 0 amide bonds. The fourth-order valence-corrected chi connectivity index (χ4v) is 3.71. The summed E-state index contributed by atoms with van der Waals surface area (Å²) in [4.78, 5) is 9.78. The Morgan fingerprint density at radius 2 is 1.86 bits per heavy atom. The average Bonchev–Trinajstić information content (AvgIpc) is 2.97. The summed E-state index contributed by atoms with van der Waals surface area (Å²) >= 11 is 0. The van der Waals surface area contributed by atoms with Crippen LogP contribution in [0.3, 0.4) is 0 Å². The van der Waals surface area contributed by atoms with Crippen molar-refractivity contribution in [2.45, 2.75) is 51.2 Å². The van der Waals surface area contributed by atoms with Gasteiger partial charge < -0.3 is 15.2 Å². The number of hydrogen-bond donors (Lipinski definition) is 1. The maximum absolute atomic E-state index is 5.58. The van der Waals surface area contributed by atoms with Crippen LogP contribution in [0.15, 0.2) is 12.5 Å². The van der Waals surface area contributed by atoms with E-state index in [0.717, 1.165) is 19.1 Å². The SMILES string of the molecule is NCCn1cnc(CN2CCC(N3CCCCC3)CC2)c1. The number of nitrogens with zero attached hydrogens (tertiary/aromatic N) is 4. The van der Waals surface area contributed by atoms with Crippen molar-refractivity contribution in [3.8, 4) is 0 Å². The molecule has 5 nitrogen and oxygen atoms in total. The summed E-state index contributed by atoms with van der Waals surface area (Å²) in [5.74, 6) is 0. The van der Waals surface area contributed by atoms with Crippen LogP contribution in [-0.2, 0) is 13.1 Å². The van der Waals surface area contributed by atoms with Gasteiger partial charge in [-0.1, -0.05) is 6.42 Å². The molecule has 2 saturated heterocycles. The van der Waals surface area contributed by atoms with E-state index in [2.05, 4.69) is 25.5 Å². The molecular weight excluding hydrogens is 262 g/mol. The average molecular weight is 291 g/mol. The fraction of sp³-hybridized carbons (Fsp3) is 0.812. The van der Waals surface area contributed by atoms with Crippen molar-refractivity contribution in [2.75, 3.05) is 32.7 Å². The van der Waals surface area contributed by atoms with Crippen LogP contribution in [-0.4, -0.2) is 58.1 Å². The van der Waals surface area contributed by atoms with Crippen LogP contribution in [0.4, 0.5) is 0 Å². The van der Waals surface area contributed by atoms with Crippen molar-refractivity contribution >= 4 is 0 Å². The molecule has 2 N–H and O–H groups in total. The van der Waals surface area contributed by atoms with Crippen molar-refractivity contribution in [1.29, 1.82) is 0 Å². The van der Waals surface area contributed by atoms with Gasteiger partial charge in [-0.3, -0.25) is 4.90 Å². The number of imidazole rings is 1. The predicted octanol–water partition coefficient (Wildman–Crippen LogP) is 1.29. The van der Waals surface area contributed by atoms with Gasteiger partial charge in [0.25, 0.3) is 0 Å². The van der Waals surface area contributed by atoms with E-state index < -0.39 is 0 Å². The van der Waals surface area contributed by atoms with E-state index in [1.807, 2.05) is 6.33 Å². The van der Waals surface area contributed by atoms with Crippen LogP contribution in [0.2, 0.25) is 0 Å². The Hall–Kier alpha value is -0.910. The first-order valence-electron chi connectivity index (χ1n) is 8.52. The van der Waals surface area contributed by atoms with Gasteiger partial charge in [0.1, 0.15) is 0 Å². The van der Waals surface area contributed by atoms with E-state index >= 15 is 0 Å². The molecule has 21 heavy (non-hydrogen) atoms. The van der Waals surface area contributed by atoms with Gasteiger partial charge in [0.05, 0.1) is 12.0 Å². The van der Waals surface area contributed by atoms with E-state index in [0.29, 0.717) is 6.54 Å². The quantitative estimate of drug-likeness (QED) is 0.888. The van der Waals surface area contributed by atoms with Gasteiger partial charge in [-0.05, 0) is 38.8 Å². The third-order valence-electron chi connectivity index (χ3n) is 4.92. The maximum atomic E-state index is 5.58. The molecule has 2 fully saturated rings. The third-order valence-corrected chi connectivity index (χ3v) is 4.92. The zero-order valence-electron chi connectivity index (χ0n) is 13.1. The first-order chi connectivity index (χ1) is 10.3. The highest BCUT2D eigenvalue weighted by Gasteiger charge is 2.25. The van der Waals surface area contributed by atoms with Crippen LogP contribution in [0.25, 0.3) is 0 Å². The summed E-state index contributed by atoms with van der Waals surface area (Å²) in [6.45, 7) is 7.61. The Morgan fingerprint density at radius 3 is 2.57 bits per heavy atom. The lowest BCUT2D eigenvalue weighted by Gasteiger charge is -2.40. The largest absolute Gasteiger partial charge is 0.336 e. The Bertz CT molecular complexity index is 416. The summed E-state index contributed by atoms with van der Waals surface area (Å²) in [7, 11) is 0. The second-order valence-electron chi connectivity index (χ2n) is 6.50. The van der Waals surface area contributed by atoms with Crippen molar-refractivity contribution in [3.05, 3.63) is 18.2 Å². The minimum atomic E-state index is 0.678. The Balaban J connectivity index is 1.44. The van der Waals surface area contributed by atoms with E-state index in [1.165, 1.54) is 64.0 Å². The van der Waals surface area contributed by atoms with Gasteiger partial charge >= 0.3 is 0 Å². The summed E-state index contributed by atoms with van der Waals surface area (Å²) in [6.07, 6.45) is 10.9. The summed E-state index contributed by atoms with van der Waals surface area (Å²) in [5.41, 5.74) is 6.76. The van der Waals surface area contributed by atoms with Crippen LogP contribution < -0.4 is 5.73 Å². The molecule has 0 saturated carbocycles. The second kappa shape index (κ2) is 7.38. The van der Waals surface area contributed by atoms with E-state index in [-0.39, 0.29) is 0 Å². The van der Waals surface area contributed by atoms with Crippen molar-refractivity contribution in [1.82, 2.24) is 19.4 Å². The molecule has 1 aromatic rings. The molecule has 5 heteroatoms. The topological polar surface area (TPSA) is 50.3 Å². The molecule has 0 radical (unpaired) electrons. The molecule has 2 aliphatic rings. The van der Waals surface area contributed by atoms with Crippen LogP contribution >= 0.6 is 0 Å². The molecule has 0 bridgehead atoms. The number of piperidine rings is 2. The lowest BCUT2D eigenvalue weighted by molar-refractivity contribution is 0.0892. The Morgan fingerprint density at radius 1 is 1.10 bits per heavy atom. The van der Waals surface area contributed by atoms with Gasteiger partial charge in [-0.25, -0.2) is 4.98 Å². The van der Waals surface area contributed by atoms with Crippen molar-refractivity contribution < 1.29 is 0 Å². The van der Waals surface area contributed by atoms with E-state index in [4.69, 9.17) is 5.73 Å². The lowest BCUT2D eigenvalue weighted by Crippen LogP contribution is -2.46. The number of hydrogen-bond acceptors (Lipinski definition) is 4. The number of aromatic nitrogens is 2. The molecule has 3 rings (SSSR count). The molecule has 0 spiro atoms.